The molecule has 0 bridgehead atoms. The number of rotatable bonds is 3. The molecule has 0 spiro atoms. The van der Waals surface area contributed by atoms with Gasteiger partial charge in [-0.3, -0.25) is 0 Å². The Hall–Kier alpha value is -0.540. The second-order valence-corrected chi connectivity index (χ2v) is 1.12. The molecule has 3 nitrogen and oxygen atoms in total. The first kappa shape index (κ1) is 6.46. The Morgan fingerprint density at radius 1 is 1.71 bits per heavy atom. The largest absolute Gasteiger partial charge is 0.314 e. The molecule has 0 rings (SSSR count). The average molecular weight is 101 g/mol. The Morgan fingerprint density at radius 2 is 2.29 bits per heavy atom. The minimum absolute atomic E-state index is 1.59. The van der Waals surface area contributed by atoms with E-state index in [1.54, 1.807) is 11.3 Å². The zero-order chi connectivity index (χ0) is 5.70. The smallest absolute Gasteiger partial charge is 0.0224 e. The highest BCUT2D eigenvalue weighted by atomic mass is 15.7. The zero-order valence-electron chi connectivity index (χ0n) is 4.73. The SMILES string of the molecule is C=CNN(C)NC. The van der Waals surface area contributed by atoms with Gasteiger partial charge in [-0.05, 0) is 0 Å². The quantitative estimate of drug-likeness (QED) is 0.478. The highest BCUT2D eigenvalue weighted by Gasteiger charge is 1.79. The summed E-state index contributed by atoms with van der Waals surface area (Å²) in [4.78, 5) is 0. The molecule has 42 valence electrons. The van der Waals surface area contributed by atoms with Crippen LogP contribution in [0.1, 0.15) is 0 Å². The van der Waals surface area contributed by atoms with E-state index >= 15 is 0 Å². The maximum Gasteiger partial charge on any atom is 0.0224 e. The lowest BCUT2D eigenvalue weighted by molar-refractivity contribution is 0.207. The highest BCUT2D eigenvalue weighted by molar-refractivity contribution is 4.56. The molecular weight excluding hydrogens is 90.1 g/mol. The molecule has 2 N–H and O–H groups in total. The van der Waals surface area contributed by atoms with Crippen LogP contribution < -0.4 is 10.9 Å². The molecule has 0 aliphatic carbocycles. The number of hydrogen-bond acceptors (Lipinski definition) is 3. The topological polar surface area (TPSA) is 27.3 Å². The lowest BCUT2D eigenvalue weighted by atomic mass is 11.0. The number of nitrogens with zero attached hydrogens (tertiary/aromatic N) is 1. The maximum absolute atomic E-state index is 3.46. The third-order valence-corrected chi connectivity index (χ3v) is 0.620. The summed E-state index contributed by atoms with van der Waals surface area (Å²) in [5.41, 5.74) is 5.60. The number of hydrazine groups is 2. The summed E-state index contributed by atoms with van der Waals surface area (Å²) >= 11 is 0. The lowest BCUT2D eigenvalue weighted by Crippen LogP contribution is -2.39. The summed E-state index contributed by atoms with van der Waals surface area (Å²) in [5, 5.41) is 1.69. The molecule has 0 heterocycles. The van der Waals surface area contributed by atoms with E-state index in [1.807, 2.05) is 14.1 Å². The van der Waals surface area contributed by atoms with Crippen molar-refractivity contribution in [2.45, 2.75) is 0 Å². The second-order valence-electron chi connectivity index (χ2n) is 1.12. The van der Waals surface area contributed by atoms with E-state index in [0.29, 0.717) is 0 Å². The predicted molar refractivity (Wildman–Crippen MR) is 30.2 cm³/mol. The van der Waals surface area contributed by atoms with Gasteiger partial charge >= 0.3 is 0 Å². The third kappa shape index (κ3) is 3.29. The van der Waals surface area contributed by atoms with E-state index in [4.69, 9.17) is 0 Å². The van der Waals surface area contributed by atoms with E-state index < -0.39 is 0 Å². The molecule has 0 aromatic rings. The number of nitrogens with one attached hydrogen (secondary N) is 2. The van der Waals surface area contributed by atoms with Crippen LogP contribution in [0.5, 0.6) is 0 Å². The Morgan fingerprint density at radius 3 is 2.43 bits per heavy atom. The van der Waals surface area contributed by atoms with Crippen molar-refractivity contribution in [3.63, 3.8) is 0 Å². The molecule has 0 saturated heterocycles. The van der Waals surface area contributed by atoms with Gasteiger partial charge in [0.05, 0.1) is 0 Å². The van der Waals surface area contributed by atoms with Crippen molar-refractivity contribution in [1.82, 2.24) is 16.0 Å². The molecule has 0 aromatic carbocycles. The van der Waals surface area contributed by atoms with Crippen LogP contribution in [0.15, 0.2) is 12.8 Å². The maximum atomic E-state index is 3.46. The molecule has 0 fully saturated rings. The average Bonchev–Trinajstić information content (AvgIpc) is 1.68. The van der Waals surface area contributed by atoms with Gasteiger partial charge < -0.3 is 5.43 Å². The Labute approximate surface area is 43.9 Å². The molecule has 0 atom stereocenters. The van der Waals surface area contributed by atoms with Crippen molar-refractivity contribution >= 4 is 0 Å². The fourth-order valence-corrected chi connectivity index (χ4v) is 0.201. The van der Waals surface area contributed by atoms with Crippen LogP contribution in [0.4, 0.5) is 0 Å². The molecule has 0 aliphatic rings. The van der Waals surface area contributed by atoms with Gasteiger partial charge in [0.25, 0.3) is 0 Å². The van der Waals surface area contributed by atoms with Crippen molar-refractivity contribution in [2.24, 2.45) is 0 Å². The Bertz CT molecular complexity index is 52.9. The van der Waals surface area contributed by atoms with Crippen LogP contribution in [0.25, 0.3) is 0 Å². The molecule has 0 aliphatic heterocycles. The molecule has 0 unspecified atom stereocenters. The normalized spacial score (nSPS) is 9.00. The zero-order valence-corrected chi connectivity index (χ0v) is 4.73. The first-order valence-corrected chi connectivity index (χ1v) is 2.09. The van der Waals surface area contributed by atoms with Crippen molar-refractivity contribution in [3.8, 4) is 0 Å². The van der Waals surface area contributed by atoms with Crippen molar-refractivity contribution in [1.29, 1.82) is 0 Å². The predicted octanol–water partition coefficient (Wildman–Crippen LogP) is -0.299. The summed E-state index contributed by atoms with van der Waals surface area (Å²) in [6, 6.07) is 0. The van der Waals surface area contributed by atoms with Gasteiger partial charge in [0, 0.05) is 20.3 Å². The van der Waals surface area contributed by atoms with Gasteiger partial charge in [0.2, 0.25) is 0 Å². The Kier molecular flexibility index (Phi) is 3.36. The molecule has 0 saturated carbocycles. The van der Waals surface area contributed by atoms with Gasteiger partial charge in [-0.2, -0.15) is 5.12 Å². The monoisotopic (exact) mass is 101 g/mol. The van der Waals surface area contributed by atoms with Gasteiger partial charge in [-0.25, -0.2) is 5.43 Å². The van der Waals surface area contributed by atoms with Gasteiger partial charge in [0.1, 0.15) is 0 Å². The van der Waals surface area contributed by atoms with Crippen molar-refractivity contribution in [2.75, 3.05) is 14.1 Å². The molecule has 7 heavy (non-hydrogen) atoms. The van der Waals surface area contributed by atoms with E-state index in [0.717, 1.165) is 0 Å². The van der Waals surface area contributed by atoms with Crippen molar-refractivity contribution in [3.05, 3.63) is 12.8 Å². The minimum atomic E-state index is 1.59. The van der Waals surface area contributed by atoms with E-state index in [2.05, 4.69) is 17.4 Å². The second kappa shape index (κ2) is 3.64. The van der Waals surface area contributed by atoms with E-state index in [1.165, 1.54) is 0 Å². The standard InChI is InChI=1S/C4H11N3/c1-4-6-7(3)5-2/h4-6H,1H2,2-3H3. The molecule has 0 aromatic heterocycles. The Balaban J connectivity index is 2.98. The summed E-state index contributed by atoms with van der Waals surface area (Å²) in [6.07, 6.45) is 1.59. The third-order valence-electron chi connectivity index (χ3n) is 0.620. The lowest BCUT2D eigenvalue weighted by Gasteiger charge is -2.12. The molecule has 0 radical (unpaired) electrons. The van der Waals surface area contributed by atoms with Crippen LogP contribution in [0.2, 0.25) is 0 Å². The minimum Gasteiger partial charge on any atom is -0.314 e. The van der Waals surface area contributed by atoms with Crippen LogP contribution >= 0.6 is 0 Å². The summed E-state index contributed by atoms with van der Waals surface area (Å²) in [5.74, 6) is 0. The van der Waals surface area contributed by atoms with E-state index in [9.17, 15) is 0 Å². The molecular formula is C4H11N3. The first-order valence-electron chi connectivity index (χ1n) is 2.09. The molecule has 3 heteroatoms. The van der Waals surface area contributed by atoms with Gasteiger partial charge in [-0.15, -0.1) is 0 Å². The van der Waals surface area contributed by atoms with Crippen LogP contribution in [-0.2, 0) is 0 Å². The summed E-state index contributed by atoms with van der Waals surface area (Å²) in [7, 11) is 3.66. The van der Waals surface area contributed by atoms with E-state index in [-0.39, 0.29) is 0 Å². The van der Waals surface area contributed by atoms with Gasteiger partial charge in [0.15, 0.2) is 0 Å². The first-order chi connectivity index (χ1) is 3.31. The fraction of sp³-hybridized carbons (Fsp3) is 0.500. The van der Waals surface area contributed by atoms with Crippen LogP contribution in [0.3, 0.4) is 0 Å². The highest BCUT2D eigenvalue weighted by Crippen LogP contribution is 1.58. The van der Waals surface area contributed by atoms with Crippen LogP contribution in [-0.4, -0.2) is 19.2 Å². The fourth-order valence-electron chi connectivity index (χ4n) is 0.201. The summed E-state index contributed by atoms with van der Waals surface area (Å²) in [6.45, 7) is 3.46. The molecule has 0 amide bonds. The van der Waals surface area contributed by atoms with Crippen LogP contribution in [0, 0.1) is 0 Å². The van der Waals surface area contributed by atoms with Crippen molar-refractivity contribution < 1.29 is 0 Å². The van der Waals surface area contributed by atoms with Gasteiger partial charge in [-0.1, -0.05) is 6.58 Å². The number of hydrogen-bond donors (Lipinski definition) is 2. The summed E-state index contributed by atoms with van der Waals surface area (Å²) < 4.78 is 0.